The zero-order valence-corrected chi connectivity index (χ0v) is 13.0. The van der Waals surface area contributed by atoms with Gasteiger partial charge in [-0.2, -0.15) is 0 Å². The Balaban J connectivity index is 1.74. The van der Waals surface area contributed by atoms with Gasteiger partial charge in [0, 0.05) is 17.6 Å². The lowest BCUT2D eigenvalue weighted by atomic mass is 9.75. The molecule has 2 nitrogen and oxygen atoms in total. The van der Waals surface area contributed by atoms with E-state index in [-0.39, 0.29) is 11.5 Å². The standard InChI is InChI=1S/C16H19BrFNO/c17-13-5-6-14(15(18)9-13)16(20)19-8-7-11-3-1-2-4-12(11)10-19/h5-6,9,11-12H,1-4,7-8,10H2. The first-order chi connectivity index (χ1) is 9.65. The van der Waals surface area contributed by atoms with Crippen LogP contribution in [0.2, 0.25) is 0 Å². The second-order valence-electron chi connectivity index (χ2n) is 5.97. The van der Waals surface area contributed by atoms with Gasteiger partial charge in [-0.25, -0.2) is 4.39 Å². The fourth-order valence-corrected chi connectivity index (χ4v) is 3.95. The summed E-state index contributed by atoms with van der Waals surface area (Å²) in [6, 6.07) is 4.67. The molecule has 1 aliphatic heterocycles. The number of amides is 1. The molecule has 1 saturated heterocycles. The Kier molecular flexibility index (Phi) is 4.11. The Morgan fingerprint density at radius 2 is 1.95 bits per heavy atom. The third-order valence-corrected chi connectivity index (χ3v) is 5.23. The lowest BCUT2D eigenvalue weighted by Crippen LogP contribution is -2.45. The zero-order chi connectivity index (χ0) is 14.1. The highest BCUT2D eigenvalue weighted by Gasteiger charge is 2.33. The fraction of sp³-hybridized carbons (Fsp3) is 0.562. The molecular formula is C16H19BrFNO. The molecule has 1 aliphatic carbocycles. The third kappa shape index (κ3) is 2.76. The number of piperidine rings is 1. The van der Waals surface area contributed by atoms with Crippen molar-refractivity contribution in [2.24, 2.45) is 11.8 Å². The van der Waals surface area contributed by atoms with Crippen LogP contribution in [-0.2, 0) is 0 Å². The van der Waals surface area contributed by atoms with Gasteiger partial charge in [-0.05, 0) is 42.9 Å². The topological polar surface area (TPSA) is 20.3 Å². The van der Waals surface area contributed by atoms with E-state index in [4.69, 9.17) is 0 Å². The van der Waals surface area contributed by atoms with Crippen molar-refractivity contribution in [3.05, 3.63) is 34.1 Å². The minimum atomic E-state index is -0.435. The number of carbonyl (C=O) groups excluding carboxylic acids is 1. The van der Waals surface area contributed by atoms with E-state index in [2.05, 4.69) is 15.9 Å². The predicted octanol–water partition coefficient (Wildman–Crippen LogP) is 4.24. The molecule has 1 aromatic carbocycles. The van der Waals surface area contributed by atoms with Crippen molar-refractivity contribution in [2.75, 3.05) is 13.1 Å². The lowest BCUT2D eigenvalue weighted by molar-refractivity contribution is 0.0516. The van der Waals surface area contributed by atoms with Crippen molar-refractivity contribution >= 4 is 21.8 Å². The average molecular weight is 340 g/mol. The lowest BCUT2D eigenvalue weighted by Gasteiger charge is -2.41. The molecule has 4 heteroatoms. The molecule has 1 saturated carbocycles. The minimum Gasteiger partial charge on any atom is -0.338 e. The molecule has 0 N–H and O–H groups in total. The first-order valence-corrected chi connectivity index (χ1v) is 8.19. The van der Waals surface area contributed by atoms with E-state index in [1.807, 2.05) is 4.90 Å². The minimum absolute atomic E-state index is 0.154. The van der Waals surface area contributed by atoms with Crippen LogP contribution in [-0.4, -0.2) is 23.9 Å². The molecule has 3 rings (SSSR count). The van der Waals surface area contributed by atoms with Crippen molar-refractivity contribution < 1.29 is 9.18 Å². The number of carbonyl (C=O) groups is 1. The van der Waals surface area contributed by atoms with Crippen LogP contribution in [0, 0.1) is 17.7 Å². The van der Waals surface area contributed by atoms with Crippen molar-refractivity contribution in [1.29, 1.82) is 0 Å². The number of benzene rings is 1. The molecule has 0 radical (unpaired) electrons. The summed E-state index contributed by atoms with van der Waals surface area (Å²) in [5, 5.41) is 0. The van der Waals surface area contributed by atoms with Crippen LogP contribution in [0.4, 0.5) is 4.39 Å². The smallest absolute Gasteiger partial charge is 0.256 e. The molecular weight excluding hydrogens is 321 g/mol. The molecule has 1 heterocycles. The van der Waals surface area contributed by atoms with Gasteiger partial charge in [0.15, 0.2) is 0 Å². The summed E-state index contributed by atoms with van der Waals surface area (Å²) < 4.78 is 14.6. The highest BCUT2D eigenvalue weighted by atomic mass is 79.9. The highest BCUT2D eigenvalue weighted by Crippen LogP contribution is 2.36. The van der Waals surface area contributed by atoms with Crippen LogP contribution >= 0.6 is 15.9 Å². The Hall–Kier alpha value is -0.900. The molecule has 1 aromatic rings. The molecule has 0 aromatic heterocycles. The average Bonchev–Trinajstić information content (AvgIpc) is 2.46. The number of fused-ring (bicyclic) bond motifs is 1. The van der Waals surface area contributed by atoms with Gasteiger partial charge in [-0.1, -0.05) is 35.2 Å². The van der Waals surface area contributed by atoms with Crippen molar-refractivity contribution in [3.63, 3.8) is 0 Å². The summed E-state index contributed by atoms with van der Waals surface area (Å²) >= 11 is 3.22. The first kappa shape index (κ1) is 14.1. The van der Waals surface area contributed by atoms with E-state index < -0.39 is 5.82 Å². The Bertz CT molecular complexity index is 519. The number of likely N-dealkylation sites (tertiary alicyclic amines) is 1. The summed E-state index contributed by atoms with van der Waals surface area (Å²) in [5.41, 5.74) is 0.197. The molecule has 108 valence electrons. The normalized spacial score (nSPS) is 26.2. The third-order valence-electron chi connectivity index (χ3n) is 4.74. The largest absolute Gasteiger partial charge is 0.338 e. The number of nitrogens with zero attached hydrogens (tertiary/aromatic N) is 1. The summed E-state index contributed by atoms with van der Waals surface area (Å²) in [7, 11) is 0. The highest BCUT2D eigenvalue weighted by molar-refractivity contribution is 9.10. The second kappa shape index (κ2) is 5.84. The monoisotopic (exact) mass is 339 g/mol. The van der Waals surface area contributed by atoms with Crippen LogP contribution < -0.4 is 0 Å². The van der Waals surface area contributed by atoms with E-state index in [0.717, 1.165) is 25.4 Å². The van der Waals surface area contributed by atoms with E-state index in [9.17, 15) is 9.18 Å². The van der Waals surface area contributed by atoms with Gasteiger partial charge in [0.1, 0.15) is 5.82 Å². The summed E-state index contributed by atoms with van der Waals surface area (Å²) in [6.45, 7) is 1.58. The molecule has 20 heavy (non-hydrogen) atoms. The fourth-order valence-electron chi connectivity index (χ4n) is 3.62. The van der Waals surface area contributed by atoms with Crippen LogP contribution in [0.15, 0.2) is 22.7 Å². The van der Waals surface area contributed by atoms with E-state index in [1.54, 1.807) is 12.1 Å². The molecule has 0 spiro atoms. The van der Waals surface area contributed by atoms with E-state index in [0.29, 0.717) is 10.4 Å². The van der Waals surface area contributed by atoms with Gasteiger partial charge < -0.3 is 4.90 Å². The van der Waals surface area contributed by atoms with Crippen molar-refractivity contribution in [2.45, 2.75) is 32.1 Å². The van der Waals surface area contributed by atoms with Crippen LogP contribution in [0.5, 0.6) is 0 Å². The van der Waals surface area contributed by atoms with Gasteiger partial charge in [0.05, 0.1) is 5.56 Å². The maximum absolute atomic E-state index is 13.9. The quantitative estimate of drug-likeness (QED) is 0.749. The summed E-state index contributed by atoms with van der Waals surface area (Å²) in [4.78, 5) is 14.3. The van der Waals surface area contributed by atoms with Crippen LogP contribution in [0.3, 0.4) is 0 Å². The molecule has 2 atom stereocenters. The number of halogens is 2. The van der Waals surface area contributed by atoms with Crippen LogP contribution in [0.1, 0.15) is 42.5 Å². The Labute approximate surface area is 127 Å². The van der Waals surface area contributed by atoms with Crippen molar-refractivity contribution in [3.8, 4) is 0 Å². The Morgan fingerprint density at radius 1 is 1.20 bits per heavy atom. The van der Waals surface area contributed by atoms with Crippen LogP contribution in [0.25, 0.3) is 0 Å². The summed E-state index contributed by atoms with van der Waals surface area (Å²) in [5.74, 6) is 0.816. The van der Waals surface area contributed by atoms with Gasteiger partial charge >= 0.3 is 0 Å². The van der Waals surface area contributed by atoms with Crippen molar-refractivity contribution in [1.82, 2.24) is 4.90 Å². The zero-order valence-electron chi connectivity index (χ0n) is 11.4. The van der Waals surface area contributed by atoms with E-state index >= 15 is 0 Å². The number of rotatable bonds is 1. The molecule has 1 amide bonds. The van der Waals surface area contributed by atoms with Gasteiger partial charge in [-0.3, -0.25) is 4.79 Å². The number of hydrogen-bond donors (Lipinski definition) is 0. The maximum atomic E-state index is 13.9. The first-order valence-electron chi connectivity index (χ1n) is 7.39. The van der Waals surface area contributed by atoms with E-state index in [1.165, 1.54) is 31.7 Å². The number of hydrogen-bond acceptors (Lipinski definition) is 1. The SMILES string of the molecule is O=C(c1ccc(Br)cc1F)N1CCC2CCCCC2C1. The van der Waals surface area contributed by atoms with Gasteiger partial charge in [-0.15, -0.1) is 0 Å². The second-order valence-corrected chi connectivity index (χ2v) is 6.88. The van der Waals surface area contributed by atoms with Gasteiger partial charge in [0.25, 0.3) is 5.91 Å². The molecule has 0 bridgehead atoms. The maximum Gasteiger partial charge on any atom is 0.256 e. The predicted molar refractivity (Wildman–Crippen MR) is 80.1 cm³/mol. The molecule has 2 aliphatic rings. The molecule has 2 fully saturated rings. The van der Waals surface area contributed by atoms with Gasteiger partial charge in [0.2, 0.25) is 0 Å². The molecule has 2 unspecified atom stereocenters. The summed E-state index contributed by atoms with van der Waals surface area (Å²) in [6.07, 6.45) is 6.21. The Morgan fingerprint density at radius 3 is 2.70 bits per heavy atom.